The van der Waals surface area contributed by atoms with Crippen molar-refractivity contribution in [3.8, 4) is 0 Å². The van der Waals surface area contributed by atoms with Gasteiger partial charge in [0.15, 0.2) is 24.6 Å². The summed E-state index contributed by atoms with van der Waals surface area (Å²) in [4.78, 5) is 50.5. The number of esters is 4. The Balaban J connectivity index is 1.27. The Morgan fingerprint density at radius 2 is 1.14 bits per heavy atom. The number of rotatable bonds is 12. The van der Waals surface area contributed by atoms with Gasteiger partial charge in [-0.15, -0.1) is 0 Å². The molecule has 1 saturated heterocycles. The second-order valence-electron chi connectivity index (χ2n) is 11.3. The first-order valence-corrected chi connectivity index (χ1v) is 13.6. The molecule has 5 saturated carbocycles. The summed E-state index contributed by atoms with van der Waals surface area (Å²) in [5.41, 5.74) is 0. The maximum absolute atomic E-state index is 12.8. The predicted octanol–water partition coefficient (Wildman–Crippen LogP) is 1.37. The molecule has 0 amide bonds. The first kappa shape index (κ1) is 25.1. The number of hydrogen-bond donors (Lipinski definition) is 1. The summed E-state index contributed by atoms with van der Waals surface area (Å²) in [6, 6.07) is 0. The lowest BCUT2D eigenvalue weighted by molar-refractivity contribution is -0.327. The van der Waals surface area contributed by atoms with Crippen molar-refractivity contribution in [1.29, 1.82) is 0 Å². The molecule has 6 aliphatic rings. The van der Waals surface area contributed by atoms with E-state index >= 15 is 0 Å². The Hall–Kier alpha value is -2.24. The van der Waals surface area contributed by atoms with Crippen molar-refractivity contribution in [3.63, 3.8) is 0 Å². The van der Waals surface area contributed by atoms with Gasteiger partial charge in [0.25, 0.3) is 0 Å². The molecule has 1 N–H and O–H groups in total. The van der Waals surface area contributed by atoms with E-state index in [9.17, 15) is 24.3 Å². The number of ether oxygens (including phenoxy) is 6. The molecule has 0 bridgehead atoms. The Morgan fingerprint density at radius 1 is 0.649 bits per heavy atom. The molecule has 6 atom stereocenters. The van der Waals surface area contributed by atoms with Gasteiger partial charge < -0.3 is 33.5 Å². The number of hydrogen-bond acceptors (Lipinski definition) is 11. The van der Waals surface area contributed by atoms with Gasteiger partial charge in [-0.3, -0.25) is 19.2 Å². The number of carbonyl (C=O) groups excluding carboxylic acids is 4. The first-order chi connectivity index (χ1) is 17.9. The van der Waals surface area contributed by atoms with E-state index in [2.05, 4.69) is 0 Å². The van der Waals surface area contributed by atoms with Gasteiger partial charge in [0.1, 0.15) is 12.7 Å². The van der Waals surface area contributed by atoms with Crippen molar-refractivity contribution in [2.45, 2.75) is 101 Å². The van der Waals surface area contributed by atoms with Crippen LogP contribution in [-0.2, 0) is 47.6 Å². The molecule has 0 aromatic heterocycles. The third kappa shape index (κ3) is 6.26. The van der Waals surface area contributed by atoms with E-state index in [-0.39, 0.29) is 42.2 Å². The Kier molecular flexibility index (Phi) is 6.87. The van der Waals surface area contributed by atoms with Gasteiger partial charge in [0.05, 0.1) is 23.7 Å². The molecule has 37 heavy (non-hydrogen) atoms. The van der Waals surface area contributed by atoms with E-state index in [4.69, 9.17) is 28.4 Å². The van der Waals surface area contributed by atoms with Crippen LogP contribution in [0.5, 0.6) is 0 Å². The van der Waals surface area contributed by atoms with Crippen molar-refractivity contribution in [3.05, 3.63) is 0 Å². The lowest BCUT2D eigenvalue weighted by atomic mass is 9.97. The molecule has 0 radical (unpaired) electrons. The lowest BCUT2D eigenvalue weighted by Crippen LogP contribution is -2.63. The van der Waals surface area contributed by atoms with Crippen molar-refractivity contribution < 1.29 is 52.7 Å². The fraction of sp³-hybridized carbons (Fsp3) is 0.846. The van der Waals surface area contributed by atoms with Crippen molar-refractivity contribution >= 4 is 23.9 Å². The minimum absolute atomic E-state index is 0.0933. The normalized spacial score (nSPS) is 34.2. The van der Waals surface area contributed by atoms with Crippen LogP contribution >= 0.6 is 0 Å². The van der Waals surface area contributed by atoms with Gasteiger partial charge in [0, 0.05) is 5.92 Å². The second-order valence-corrected chi connectivity index (χ2v) is 11.3. The van der Waals surface area contributed by atoms with E-state index in [1.54, 1.807) is 0 Å². The number of aliphatic hydroxyl groups excluding tert-OH is 1. The van der Waals surface area contributed by atoms with E-state index < -0.39 is 54.9 Å². The van der Waals surface area contributed by atoms with Crippen LogP contribution in [0.2, 0.25) is 0 Å². The van der Waals surface area contributed by atoms with Crippen LogP contribution in [-0.4, -0.2) is 72.6 Å². The van der Waals surface area contributed by atoms with E-state index in [1.165, 1.54) is 0 Å². The van der Waals surface area contributed by atoms with E-state index in [1.807, 2.05) is 0 Å². The molecule has 1 aliphatic heterocycles. The van der Waals surface area contributed by atoms with Crippen molar-refractivity contribution in [1.82, 2.24) is 0 Å². The van der Waals surface area contributed by atoms with Crippen LogP contribution in [0.3, 0.4) is 0 Å². The third-order valence-corrected chi connectivity index (χ3v) is 7.68. The van der Waals surface area contributed by atoms with Crippen molar-refractivity contribution in [2.24, 2.45) is 29.6 Å². The maximum atomic E-state index is 12.8. The minimum Gasteiger partial charge on any atom is -0.463 e. The van der Waals surface area contributed by atoms with Gasteiger partial charge in [-0.2, -0.15) is 0 Å². The van der Waals surface area contributed by atoms with Gasteiger partial charge in [-0.05, 0) is 64.2 Å². The molecule has 6 rings (SSSR count). The second kappa shape index (κ2) is 10.1. The van der Waals surface area contributed by atoms with Crippen LogP contribution in [0.4, 0.5) is 0 Å². The monoisotopic (exact) mass is 522 g/mol. The summed E-state index contributed by atoms with van der Waals surface area (Å²) >= 11 is 0. The summed E-state index contributed by atoms with van der Waals surface area (Å²) < 4.78 is 34.8. The van der Waals surface area contributed by atoms with Crippen LogP contribution in [0, 0.1) is 29.6 Å². The SMILES string of the molecule is O=C(OC[C@H]1OC(OC(=O)C2CC2)[C@H](OC(O)C2CC2)[C@@H](OC(=O)C2CC2)[C@@H]1OC(=O)C1CC1)C1CC1. The number of aliphatic hydroxyl groups is 1. The smallest absolute Gasteiger partial charge is 0.311 e. The van der Waals surface area contributed by atoms with Gasteiger partial charge in [-0.1, -0.05) is 0 Å². The van der Waals surface area contributed by atoms with Gasteiger partial charge in [0.2, 0.25) is 6.29 Å². The Labute approximate surface area is 214 Å². The summed E-state index contributed by atoms with van der Waals surface area (Å²) in [6.45, 7) is -0.273. The molecule has 0 spiro atoms. The molecule has 5 aliphatic carbocycles. The number of carbonyl (C=O) groups is 4. The highest BCUT2D eigenvalue weighted by Gasteiger charge is 2.56. The molecule has 0 aromatic carbocycles. The van der Waals surface area contributed by atoms with Crippen LogP contribution in [0.15, 0.2) is 0 Å². The molecule has 11 nitrogen and oxygen atoms in total. The molecule has 11 heteroatoms. The van der Waals surface area contributed by atoms with E-state index in [0.717, 1.165) is 25.7 Å². The third-order valence-electron chi connectivity index (χ3n) is 7.68. The molecule has 2 unspecified atom stereocenters. The van der Waals surface area contributed by atoms with Gasteiger partial charge >= 0.3 is 23.9 Å². The fourth-order valence-electron chi connectivity index (χ4n) is 4.41. The largest absolute Gasteiger partial charge is 0.463 e. The highest BCUT2D eigenvalue weighted by Crippen LogP contribution is 2.40. The van der Waals surface area contributed by atoms with Crippen molar-refractivity contribution in [2.75, 3.05) is 6.61 Å². The summed E-state index contributed by atoms with van der Waals surface area (Å²) in [5, 5.41) is 10.6. The summed E-state index contributed by atoms with van der Waals surface area (Å²) in [7, 11) is 0. The minimum atomic E-state index is -1.35. The molecular weight excluding hydrogens is 488 g/mol. The van der Waals surface area contributed by atoms with Crippen LogP contribution in [0.1, 0.15) is 64.2 Å². The van der Waals surface area contributed by atoms with E-state index in [0.29, 0.717) is 38.5 Å². The quantitative estimate of drug-likeness (QED) is 0.225. The van der Waals surface area contributed by atoms with Crippen LogP contribution < -0.4 is 0 Å². The molecular formula is C26H34O11. The Bertz CT molecular complexity index is 915. The Morgan fingerprint density at radius 3 is 1.65 bits per heavy atom. The summed E-state index contributed by atoms with van der Waals surface area (Å²) in [5.74, 6) is -2.82. The zero-order valence-corrected chi connectivity index (χ0v) is 20.7. The van der Waals surface area contributed by atoms with Gasteiger partial charge in [-0.25, -0.2) is 0 Å². The highest BCUT2D eigenvalue weighted by atomic mass is 16.8. The topological polar surface area (TPSA) is 144 Å². The molecule has 6 fully saturated rings. The molecule has 0 aromatic rings. The van der Waals surface area contributed by atoms with Crippen LogP contribution in [0.25, 0.3) is 0 Å². The first-order valence-electron chi connectivity index (χ1n) is 13.6. The zero-order chi connectivity index (χ0) is 25.7. The molecule has 204 valence electrons. The highest BCUT2D eigenvalue weighted by molar-refractivity contribution is 5.77. The fourth-order valence-corrected chi connectivity index (χ4v) is 4.41. The summed E-state index contributed by atoms with van der Waals surface area (Å²) in [6.07, 6.45) is -0.00322. The zero-order valence-electron chi connectivity index (χ0n) is 20.7. The predicted molar refractivity (Wildman–Crippen MR) is 120 cm³/mol. The average Bonchev–Trinajstić information content (AvgIpc) is 3.73. The standard InChI is InChI=1S/C26H34O11/c27-21(12-1-2-12)32-11-17-18(34-22(28)13-3-4-13)19(35-23(29)14-5-6-14)20(36-24(30)15-7-8-15)26(33-17)37-25(31)16-9-10-16/h12-20,24,26,30H,1-11H2/t17-,18-,19+,20-,24?,26?/m1/s1. The molecule has 1 heterocycles. The average molecular weight is 523 g/mol. The maximum Gasteiger partial charge on any atom is 0.311 e. The lowest BCUT2D eigenvalue weighted by Gasteiger charge is -2.45.